The number of hydrogen-bond acceptors (Lipinski definition) is 1. The zero-order chi connectivity index (χ0) is 24.2. The Bertz CT molecular complexity index is 1620. The van der Waals surface area contributed by atoms with Crippen molar-refractivity contribution in [3.8, 4) is 22.4 Å². The predicted molar refractivity (Wildman–Crippen MR) is 135 cm³/mol. The van der Waals surface area contributed by atoms with Crippen molar-refractivity contribution >= 4 is 27.6 Å². The van der Waals surface area contributed by atoms with Gasteiger partial charge in [-0.3, -0.25) is 0 Å². The van der Waals surface area contributed by atoms with Crippen molar-refractivity contribution in [1.29, 1.82) is 0 Å². The second-order valence-corrected chi connectivity index (χ2v) is 9.83. The topological polar surface area (TPSA) is 21.4 Å². The fourth-order valence-electron chi connectivity index (χ4n) is 4.71. The molecule has 3 aromatic carbocycles. The number of benzene rings is 3. The minimum Gasteiger partial charge on any atom is -0.466 e. The number of nitrogens with zero attached hydrogens (tertiary/aromatic N) is 2. The van der Waals surface area contributed by atoms with E-state index < -0.39 is 0 Å². The van der Waals surface area contributed by atoms with Crippen LogP contribution < -0.4 is 4.57 Å². The number of pyridine rings is 1. The van der Waals surface area contributed by atoms with E-state index in [1.807, 2.05) is 93.9 Å². The molecule has 0 aliphatic heterocycles. The Kier molecular flexibility index (Phi) is 5.02. The lowest BCUT2D eigenvalue weighted by Crippen LogP contribution is -2.33. The molecule has 0 unspecified atom stereocenters. The van der Waals surface area contributed by atoms with Crippen LogP contribution in [0, 0.1) is 19.3 Å². The lowest BCUT2D eigenvalue weighted by molar-refractivity contribution is -0.662. The van der Waals surface area contributed by atoms with Crippen molar-refractivity contribution in [2.24, 2.45) is 7.05 Å². The van der Waals surface area contributed by atoms with Crippen LogP contribution >= 0.6 is 0 Å². The van der Waals surface area contributed by atoms with Gasteiger partial charge in [-0.05, 0) is 29.0 Å². The molecule has 0 aliphatic carbocycles. The second-order valence-electron chi connectivity index (χ2n) is 9.83. The van der Waals surface area contributed by atoms with E-state index in [0.717, 1.165) is 38.7 Å². The number of aromatic nitrogens is 1. The first kappa shape index (κ1) is 21.9. The molecular weight excluding hydrogens is 423 g/mol. The summed E-state index contributed by atoms with van der Waals surface area (Å²) in [6, 6.07) is 20.0. The molecule has 2 heterocycles. The van der Waals surface area contributed by atoms with Gasteiger partial charge in [-0.2, -0.15) is 4.57 Å². The summed E-state index contributed by atoms with van der Waals surface area (Å²) in [6.07, 6.45) is 1.54. The first-order chi connectivity index (χ1) is 16.2. The van der Waals surface area contributed by atoms with Crippen molar-refractivity contribution in [2.75, 3.05) is 0 Å². The number of halogens is 1. The van der Waals surface area contributed by atoms with Gasteiger partial charge in [-0.15, -0.1) is 0 Å². The van der Waals surface area contributed by atoms with Crippen LogP contribution in [0.1, 0.15) is 31.9 Å². The normalized spacial score (nSPS) is 11.8. The summed E-state index contributed by atoms with van der Waals surface area (Å²) in [5.41, 5.74) is 6.76. The van der Waals surface area contributed by atoms with Gasteiger partial charge in [0.25, 0.3) is 0 Å². The molecule has 168 valence electrons. The fourth-order valence-corrected chi connectivity index (χ4v) is 4.71. The number of furan rings is 1. The Morgan fingerprint density at radius 2 is 1.62 bits per heavy atom. The standard InChI is InChI=1S/C30H26FN2O/c1-18-12-13-21-22-15-14-20(19-10-8-7-9-11-19)27(32-5)29(22)34-28(21)26(18)25-16-23(30(2,3)4)24(31)17-33(25)6/h7-17H,1-4,6H3/q+1. The summed E-state index contributed by atoms with van der Waals surface area (Å²) >= 11 is 0. The molecule has 5 aromatic rings. The van der Waals surface area contributed by atoms with Crippen molar-refractivity contribution < 1.29 is 13.4 Å². The molecule has 0 bridgehead atoms. The predicted octanol–water partition coefficient (Wildman–Crippen LogP) is 8.04. The number of hydrogen-bond donors (Lipinski definition) is 0. The lowest BCUT2D eigenvalue weighted by atomic mass is 9.86. The molecule has 0 amide bonds. The maximum absolute atomic E-state index is 14.9. The molecule has 0 aliphatic rings. The average Bonchev–Trinajstić information content (AvgIpc) is 3.17. The van der Waals surface area contributed by atoms with Crippen LogP contribution in [0.2, 0.25) is 0 Å². The van der Waals surface area contributed by atoms with Crippen LogP contribution in [-0.4, -0.2) is 0 Å². The van der Waals surface area contributed by atoms with Gasteiger partial charge in [0.05, 0.1) is 12.1 Å². The van der Waals surface area contributed by atoms with Gasteiger partial charge in [-0.25, -0.2) is 9.24 Å². The molecule has 2 aromatic heterocycles. The number of rotatable bonds is 2. The molecular formula is C30H26FN2O+. The van der Waals surface area contributed by atoms with Crippen molar-refractivity contribution in [1.82, 2.24) is 0 Å². The summed E-state index contributed by atoms with van der Waals surface area (Å²) in [5.74, 6) is -0.226. The van der Waals surface area contributed by atoms with E-state index in [4.69, 9.17) is 11.0 Å². The van der Waals surface area contributed by atoms with Gasteiger partial charge >= 0.3 is 0 Å². The van der Waals surface area contributed by atoms with Gasteiger partial charge in [0, 0.05) is 22.4 Å². The van der Waals surface area contributed by atoms with Crippen LogP contribution in [0.3, 0.4) is 0 Å². The number of fused-ring (bicyclic) bond motifs is 3. The van der Waals surface area contributed by atoms with Crippen LogP contribution in [0.5, 0.6) is 0 Å². The minimum absolute atomic E-state index is 0.226. The third-order valence-electron chi connectivity index (χ3n) is 6.48. The van der Waals surface area contributed by atoms with Crippen LogP contribution in [0.15, 0.2) is 71.3 Å². The maximum Gasteiger partial charge on any atom is 0.237 e. The molecule has 0 radical (unpaired) electrons. The second kappa shape index (κ2) is 7.81. The highest BCUT2D eigenvalue weighted by Gasteiger charge is 2.28. The highest BCUT2D eigenvalue weighted by molar-refractivity contribution is 6.14. The zero-order valence-electron chi connectivity index (χ0n) is 20.0. The molecule has 0 saturated heterocycles. The monoisotopic (exact) mass is 449 g/mol. The highest BCUT2D eigenvalue weighted by Crippen LogP contribution is 2.44. The van der Waals surface area contributed by atoms with E-state index in [9.17, 15) is 4.39 Å². The van der Waals surface area contributed by atoms with Crippen molar-refractivity contribution in [3.05, 3.63) is 95.2 Å². The third kappa shape index (κ3) is 3.36. The van der Waals surface area contributed by atoms with Crippen LogP contribution in [-0.2, 0) is 12.5 Å². The molecule has 0 fully saturated rings. The van der Waals surface area contributed by atoms with E-state index in [2.05, 4.69) is 10.9 Å². The molecule has 3 nitrogen and oxygen atoms in total. The third-order valence-corrected chi connectivity index (χ3v) is 6.48. The Labute approximate surface area is 198 Å². The molecule has 0 N–H and O–H groups in total. The summed E-state index contributed by atoms with van der Waals surface area (Å²) in [6.45, 7) is 16.0. The van der Waals surface area contributed by atoms with Crippen LogP contribution in [0.25, 0.3) is 49.2 Å². The smallest absolute Gasteiger partial charge is 0.237 e. The quantitative estimate of drug-likeness (QED) is 0.197. The lowest BCUT2D eigenvalue weighted by Gasteiger charge is -2.19. The van der Waals surface area contributed by atoms with E-state index in [1.54, 1.807) is 0 Å². The Hall–Kier alpha value is -3.97. The summed E-state index contributed by atoms with van der Waals surface area (Å²) in [5, 5.41) is 1.85. The molecule has 34 heavy (non-hydrogen) atoms. The molecule has 5 rings (SSSR count). The summed E-state index contributed by atoms with van der Waals surface area (Å²) in [4.78, 5) is 3.87. The van der Waals surface area contributed by atoms with E-state index in [-0.39, 0.29) is 11.2 Å². The van der Waals surface area contributed by atoms with E-state index in [0.29, 0.717) is 22.4 Å². The first-order valence-electron chi connectivity index (χ1n) is 11.3. The van der Waals surface area contributed by atoms with Gasteiger partial charge < -0.3 is 4.42 Å². The Balaban J connectivity index is 1.85. The average molecular weight is 450 g/mol. The summed E-state index contributed by atoms with van der Waals surface area (Å²) in [7, 11) is 1.85. The molecule has 4 heteroatoms. The molecule has 0 spiro atoms. The SMILES string of the molecule is [C-]#[N+]c1c(-c2ccccc2)ccc2c1oc1c(-c3cc(C(C)(C)C)c(F)c[n+]3C)c(C)ccc12. The van der Waals surface area contributed by atoms with Crippen molar-refractivity contribution in [2.45, 2.75) is 33.1 Å². The minimum atomic E-state index is -0.343. The van der Waals surface area contributed by atoms with Gasteiger partial charge in [0.1, 0.15) is 18.2 Å². The van der Waals surface area contributed by atoms with Gasteiger partial charge in [0.15, 0.2) is 5.82 Å². The Morgan fingerprint density at radius 3 is 2.29 bits per heavy atom. The number of aryl methyl sites for hydroxylation is 2. The first-order valence-corrected chi connectivity index (χ1v) is 11.3. The maximum atomic E-state index is 14.9. The summed E-state index contributed by atoms with van der Waals surface area (Å²) < 4.78 is 23.2. The van der Waals surface area contributed by atoms with E-state index >= 15 is 0 Å². The van der Waals surface area contributed by atoms with Crippen molar-refractivity contribution in [3.63, 3.8) is 0 Å². The van der Waals surface area contributed by atoms with Gasteiger partial charge in [0.2, 0.25) is 17.6 Å². The Morgan fingerprint density at radius 1 is 0.941 bits per heavy atom. The molecule has 0 saturated carbocycles. The highest BCUT2D eigenvalue weighted by atomic mass is 19.1. The zero-order valence-corrected chi connectivity index (χ0v) is 20.0. The fraction of sp³-hybridized carbons (Fsp3) is 0.200. The van der Waals surface area contributed by atoms with E-state index in [1.165, 1.54) is 6.20 Å². The largest absolute Gasteiger partial charge is 0.466 e. The van der Waals surface area contributed by atoms with Gasteiger partial charge in [-0.1, -0.05) is 75.4 Å². The molecule has 0 atom stereocenters. The van der Waals surface area contributed by atoms with Crippen LogP contribution in [0.4, 0.5) is 10.1 Å².